The summed E-state index contributed by atoms with van der Waals surface area (Å²) in [6.07, 6.45) is 15.6. The fraction of sp³-hybridized carbons (Fsp3) is 0.667. The summed E-state index contributed by atoms with van der Waals surface area (Å²) >= 11 is 1.26. The van der Waals surface area contributed by atoms with Crippen molar-refractivity contribution in [3.63, 3.8) is 0 Å². The molecule has 156 valence electrons. The minimum absolute atomic E-state index is 0. The maximum absolute atomic E-state index is 2.31. The molecular formula is C18H37F6Sb. The summed E-state index contributed by atoms with van der Waals surface area (Å²) in [6.45, 7) is 2.29. The molecule has 7 heteroatoms. The van der Waals surface area contributed by atoms with Crippen molar-refractivity contribution in [3.8, 4) is 0 Å². The Hall–Kier alpha value is -0.382. The molecule has 0 aliphatic rings. The molecule has 1 aromatic carbocycles. The first-order valence-corrected chi connectivity index (χ1v) is 9.82. The van der Waals surface area contributed by atoms with E-state index in [1.165, 1.54) is 93.7 Å². The van der Waals surface area contributed by atoms with Crippen LogP contribution in [0.2, 0.25) is 0 Å². The van der Waals surface area contributed by atoms with E-state index in [1.54, 1.807) is 9.07 Å². The quantitative estimate of drug-likeness (QED) is 0.224. The summed E-state index contributed by atoms with van der Waals surface area (Å²) in [6, 6.07) is 8.95. The predicted molar refractivity (Wildman–Crippen MR) is 105 cm³/mol. The van der Waals surface area contributed by atoms with E-state index in [4.69, 9.17) is 0 Å². The van der Waals surface area contributed by atoms with E-state index < -0.39 is 0 Å². The van der Waals surface area contributed by atoms with Crippen LogP contribution in [0, 0.1) is 0 Å². The molecule has 25 heavy (non-hydrogen) atoms. The van der Waals surface area contributed by atoms with Crippen molar-refractivity contribution in [2.75, 3.05) is 0 Å². The number of rotatable bonds is 11. The average molecular weight is 489 g/mol. The summed E-state index contributed by atoms with van der Waals surface area (Å²) in [4.78, 5) is 0. The molecule has 0 unspecified atom stereocenters. The van der Waals surface area contributed by atoms with Crippen LogP contribution in [0.25, 0.3) is 0 Å². The summed E-state index contributed by atoms with van der Waals surface area (Å²) in [5.41, 5.74) is 1.60. The van der Waals surface area contributed by atoms with Gasteiger partial charge in [0.15, 0.2) is 0 Å². The molecule has 0 radical (unpaired) electrons. The zero-order valence-corrected chi connectivity index (χ0v) is 18.4. The maximum atomic E-state index is 2.31. The Morgan fingerprint density at radius 1 is 0.600 bits per heavy atom. The molecule has 0 saturated carbocycles. The number of hydrogen-bond donors (Lipinski definition) is 0. The molecule has 0 saturated heterocycles. The van der Waals surface area contributed by atoms with E-state index in [2.05, 4.69) is 31.2 Å². The Morgan fingerprint density at radius 2 is 1.00 bits per heavy atom. The largest absolute Gasteiger partial charge is 0.269 e. The zero-order chi connectivity index (χ0) is 13.8. The first-order valence-electron chi connectivity index (χ1n) is 8.18. The van der Waals surface area contributed by atoms with Crippen LogP contribution >= 0.6 is 0 Å². The van der Waals surface area contributed by atoms with Gasteiger partial charge in [-0.3, -0.25) is 28.2 Å². The molecule has 0 aliphatic heterocycles. The van der Waals surface area contributed by atoms with Crippen LogP contribution in [-0.2, 0) is 6.42 Å². The first-order chi connectivity index (χ1) is 9.34. The third-order valence-electron chi connectivity index (χ3n) is 3.85. The average Bonchev–Trinajstić information content (AvgIpc) is 2.43. The van der Waals surface area contributed by atoms with Crippen LogP contribution < -0.4 is 3.51 Å². The van der Waals surface area contributed by atoms with Gasteiger partial charge in [-0.25, -0.2) is 0 Å². The minimum atomic E-state index is 0. The van der Waals surface area contributed by atoms with E-state index in [0.29, 0.717) is 0 Å². The summed E-state index contributed by atoms with van der Waals surface area (Å²) in [7, 11) is 0. The van der Waals surface area contributed by atoms with Crippen LogP contribution in [0.1, 0.15) is 76.7 Å². The Kier molecular flexibility index (Phi) is 45.0. The van der Waals surface area contributed by atoms with Gasteiger partial charge in [0.1, 0.15) is 0 Å². The first kappa shape index (κ1) is 39.6. The van der Waals surface area contributed by atoms with Crippen molar-refractivity contribution in [3.05, 3.63) is 29.8 Å². The van der Waals surface area contributed by atoms with Crippen molar-refractivity contribution >= 4 is 26.5 Å². The van der Waals surface area contributed by atoms with Crippen LogP contribution in [0.15, 0.2) is 24.3 Å². The van der Waals surface area contributed by atoms with Gasteiger partial charge in [0.2, 0.25) is 0 Å². The molecular weight excluding hydrogens is 452 g/mol. The Balaban J connectivity index is -0.000000150. The standard InChI is InChI=1S/C18H29.6FH.Sb.2H/c1-2-3-4-5-6-7-8-9-10-12-15-18-16-13-11-14-17-18;;;;;;;;;/h11,13-14,16H,2-10,12,15H2,1H3;6*1H;;;. The molecule has 0 amide bonds. The minimum Gasteiger partial charge on any atom is -0.269 e. The third kappa shape index (κ3) is 21.6. The second-order valence-electron chi connectivity index (χ2n) is 5.63. The van der Waals surface area contributed by atoms with E-state index >= 15 is 0 Å². The third-order valence-corrected chi connectivity index (χ3v) is 5.46. The van der Waals surface area contributed by atoms with Gasteiger partial charge < -0.3 is 0 Å². The normalized spacial score (nSPS) is 8.24. The van der Waals surface area contributed by atoms with E-state index in [-0.39, 0.29) is 28.2 Å². The van der Waals surface area contributed by atoms with E-state index in [9.17, 15) is 0 Å². The Morgan fingerprint density at radius 3 is 1.44 bits per heavy atom. The SMILES string of the molecule is CCCCCCCCCCCCc1cccc[c]1[SbH2].F.F.F.F.F.F. The van der Waals surface area contributed by atoms with Crippen molar-refractivity contribution in [2.45, 2.75) is 77.6 Å². The van der Waals surface area contributed by atoms with Gasteiger partial charge in [0, 0.05) is 0 Å². The zero-order valence-electron chi connectivity index (χ0n) is 15.1. The molecule has 0 atom stereocenters. The van der Waals surface area contributed by atoms with Gasteiger partial charge in [-0.2, -0.15) is 0 Å². The second kappa shape index (κ2) is 28.4. The Labute approximate surface area is 162 Å². The van der Waals surface area contributed by atoms with Crippen molar-refractivity contribution in [2.24, 2.45) is 0 Å². The molecule has 0 spiro atoms. The monoisotopic (exact) mass is 488 g/mol. The van der Waals surface area contributed by atoms with Gasteiger partial charge in [0.05, 0.1) is 0 Å². The second-order valence-corrected chi connectivity index (χ2v) is 7.41. The van der Waals surface area contributed by atoms with Crippen molar-refractivity contribution < 1.29 is 28.2 Å². The number of halogens is 6. The number of hydrogen-bond acceptors (Lipinski definition) is 0. The summed E-state index contributed by atoms with van der Waals surface area (Å²) in [5.74, 6) is 0. The fourth-order valence-corrected chi connectivity index (χ4v) is 3.57. The molecule has 0 heterocycles. The maximum Gasteiger partial charge on any atom is -0.269 e. The van der Waals surface area contributed by atoms with Crippen molar-refractivity contribution in [1.29, 1.82) is 0 Å². The molecule has 0 nitrogen and oxygen atoms in total. The number of unbranched alkanes of at least 4 members (excludes halogenated alkanes) is 9. The molecule has 0 N–H and O–H groups in total. The molecule has 0 bridgehead atoms. The van der Waals surface area contributed by atoms with Gasteiger partial charge >= 0.3 is 121 Å². The number of aryl methyl sites for hydroxylation is 1. The molecule has 0 fully saturated rings. The molecule has 0 aliphatic carbocycles. The van der Waals surface area contributed by atoms with Crippen LogP contribution in [0.5, 0.6) is 0 Å². The van der Waals surface area contributed by atoms with Crippen molar-refractivity contribution in [1.82, 2.24) is 0 Å². The molecule has 1 aromatic rings. The molecule has 1 rings (SSSR count). The summed E-state index contributed by atoms with van der Waals surface area (Å²) in [5, 5.41) is 0. The smallest absolute Gasteiger partial charge is 0.269 e. The Bertz CT molecular complexity index is 339. The van der Waals surface area contributed by atoms with E-state index in [1.807, 2.05) is 0 Å². The summed E-state index contributed by atoms with van der Waals surface area (Å²) < 4.78 is 1.59. The van der Waals surface area contributed by atoms with Gasteiger partial charge in [-0.15, -0.1) is 0 Å². The predicted octanol–water partition coefficient (Wildman–Crippen LogP) is 5.32. The number of benzene rings is 1. The van der Waals surface area contributed by atoms with Gasteiger partial charge in [-0.1, -0.05) is 13.3 Å². The van der Waals surface area contributed by atoms with Gasteiger partial charge in [-0.05, 0) is 0 Å². The fourth-order valence-electron chi connectivity index (χ4n) is 2.56. The molecule has 0 aromatic heterocycles. The topological polar surface area (TPSA) is 0 Å². The van der Waals surface area contributed by atoms with Crippen LogP contribution in [0.3, 0.4) is 0 Å². The van der Waals surface area contributed by atoms with E-state index in [0.717, 1.165) is 0 Å². The van der Waals surface area contributed by atoms with Gasteiger partial charge in [0.25, 0.3) is 0 Å². The van der Waals surface area contributed by atoms with Crippen LogP contribution in [0.4, 0.5) is 28.2 Å². The van der Waals surface area contributed by atoms with Crippen LogP contribution in [-0.4, -0.2) is 23.0 Å².